The van der Waals surface area contributed by atoms with Crippen LogP contribution in [0.15, 0.2) is 18.2 Å². The molecule has 0 aromatic heterocycles. The number of Topliss-reactive ketones (excluding diaryl/α,β-unsaturated/α-hetero) is 1. The number of hydrogen-bond acceptors (Lipinski definition) is 9. The van der Waals surface area contributed by atoms with Crippen molar-refractivity contribution in [2.75, 3.05) is 46.2 Å². The predicted molar refractivity (Wildman–Crippen MR) is 121 cm³/mol. The van der Waals surface area contributed by atoms with E-state index in [0.29, 0.717) is 46.1 Å². The van der Waals surface area contributed by atoms with Crippen LogP contribution in [0.25, 0.3) is 0 Å². The van der Waals surface area contributed by atoms with Gasteiger partial charge in [0.1, 0.15) is 18.4 Å². The van der Waals surface area contributed by atoms with Crippen LogP contribution in [-0.4, -0.2) is 86.6 Å². The van der Waals surface area contributed by atoms with Gasteiger partial charge in [-0.3, -0.25) is 34.2 Å². The number of ketones is 1. The lowest BCUT2D eigenvalue weighted by molar-refractivity contribution is -0.136. The Morgan fingerprint density at radius 1 is 1.00 bits per heavy atom. The Morgan fingerprint density at radius 2 is 1.71 bits per heavy atom. The first-order valence-corrected chi connectivity index (χ1v) is 11.7. The number of nitrogens with zero attached hydrogens (tertiary/aromatic N) is 1. The van der Waals surface area contributed by atoms with Gasteiger partial charge >= 0.3 is 0 Å². The van der Waals surface area contributed by atoms with Crippen molar-refractivity contribution in [2.45, 2.75) is 38.6 Å². The smallest absolute Gasteiger partial charge is 0.266 e. The summed E-state index contributed by atoms with van der Waals surface area (Å²) in [6, 6.07) is 3.44. The predicted octanol–water partition coefficient (Wildman–Crippen LogP) is 0.886. The number of carbonyl (C=O) groups is 5. The third-order valence-electron chi connectivity index (χ3n) is 5.51. The van der Waals surface area contributed by atoms with Crippen LogP contribution in [0.4, 0.5) is 0 Å². The van der Waals surface area contributed by atoms with E-state index in [1.54, 1.807) is 6.07 Å². The molecule has 0 saturated carbocycles. The molecule has 2 heterocycles. The topological polar surface area (TPSA) is 138 Å². The summed E-state index contributed by atoms with van der Waals surface area (Å²) in [5.41, 5.74) is 0.115. The summed E-state index contributed by atoms with van der Waals surface area (Å²) in [5.74, 6) is -2.52. The molecule has 1 N–H and O–H groups in total. The normalized spacial score (nSPS) is 17.5. The summed E-state index contributed by atoms with van der Waals surface area (Å²) in [7, 11) is 0. The first kappa shape index (κ1) is 26.5. The van der Waals surface area contributed by atoms with Crippen molar-refractivity contribution in [3.05, 3.63) is 29.3 Å². The second kappa shape index (κ2) is 13.1. The van der Waals surface area contributed by atoms with E-state index in [0.717, 1.165) is 4.90 Å². The molecule has 11 heteroatoms. The van der Waals surface area contributed by atoms with Crippen LogP contribution in [0, 0.1) is 0 Å². The Morgan fingerprint density at radius 3 is 2.43 bits per heavy atom. The summed E-state index contributed by atoms with van der Waals surface area (Å²) in [5, 5.41) is 2.15. The van der Waals surface area contributed by atoms with Crippen molar-refractivity contribution in [1.29, 1.82) is 0 Å². The van der Waals surface area contributed by atoms with Crippen molar-refractivity contribution < 1.29 is 42.9 Å². The zero-order valence-electron chi connectivity index (χ0n) is 19.7. The number of nitrogens with one attached hydrogen (secondary N) is 1. The molecule has 0 spiro atoms. The van der Waals surface area contributed by atoms with Crippen molar-refractivity contribution in [2.24, 2.45) is 0 Å². The molecular formula is C24H30N2O9. The highest BCUT2D eigenvalue weighted by molar-refractivity contribution is 6.24. The van der Waals surface area contributed by atoms with Gasteiger partial charge in [-0.05, 0) is 31.9 Å². The summed E-state index contributed by atoms with van der Waals surface area (Å²) >= 11 is 0. The number of piperidine rings is 1. The van der Waals surface area contributed by atoms with E-state index in [1.165, 1.54) is 12.1 Å². The fraction of sp³-hybridized carbons (Fsp3) is 0.542. The molecule has 0 aliphatic carbocycles. The molecule has 2 aliphatic heterocycles. The Bertz CT molecular complexity index is 962. The quantitative estimate of drug-likeness (QED) is 0.281. The Kier molecular flexibility index (Phi) is 9.88. The Hall–Kier alpha value is -3.15. The third-order valence-corrected chi connectivity index (χ3v) is 5.51. The molecule has 1 aromatic rings. The molecule has 0 radical (unpaired) electrons. The highest BCUT2D eigenvalue weighted by Crippen LogP contribution is 2.33. The Balaban J connectivity index is 1.44. The van der Waals surface area contributed by atoms with Crippen LogP contribution in [-0.2, 0) is 28.6 Å². The lowest BCUT2D eigenvalue weighted by Crippen LogP contribution is -2.54. The van der Waals surface area contributed by atoms with E-state index in [9.17, 15) is 24.0 Å². The maximum Gasteiger partial charge on any atom is 0.266 e. The molecular weight excluding hydrogens is 460 g/mol. The van der Waals surface area contributed by atoms with Gasteiger partial charge in [0, 0.05) is 26.1 Å². The zero-order chi connectivity index (χ0) is 25.2. The van der Waals surface area contributed by atoms with Gasteiger partial charge in [-0.25, -0.2) is 0 Å². The van der Waals surface area contributed by atoms with Crippen molar-refractivity contribution >= 4 is 29.4 Å². The Labute approximate surface area is 203 Å². The van der Waals surface area contributed by atoms with Crippen molar-refractivity contribution in [3.8, 4) is 5.75 Å². The number of carbonyl (C=O) groups excluding carboxylic acids is 5. The lowest BCUT2D eigenvalue weighted by atomic mass is 10.0. The molecule has 4 amide bonds. The minimum Gasteiger partial charge on any atom is -0.485 e. The minimum absolute atomic E-state index is 0.0164. The number of fused-ring (bicyclic) bond motifs is 1. The molecule has 11 nitrogen and oxygen atoms in total. The standard InChI is InChI=1S/C24H30N2O9/c1-2-32-11-12-34-14-13-33-10-4-5-16(27)15-35-19-7-3-6-17-21(19)24(31)26(23(17)30)18-8-9-20(28)25-22(18)29/h3,6-7,18H,2,4-5,8-15H2,1H3,(H,25,28,29). The summed E-state index contributed by atoms with van der Waals surface area (Å²) in [6.07, 6.45) is 0.836. The molecule has 35 heavy (non-hydrogen) atoms. The first-order valence-electron chi connectivity index (χ1n) is 11.7. The number of ether oxygens (including phenoxy) is 4. The third kappa shape index (κ3) is 6.93. The summed E-state index contributed by atoms with van der Waals surface area (Å²) in [4.78, 5) is 62.5. The highest BCUT2D eigenvalue weighted by atomic mass is 16.5. The van der Waals surface area contributed by atoms with Crippen LogP contribution in [0.2, 0.25) is 0 Å². The van der Waals surface area contributed by atoms with E-state index < -0.39 is 29.7 Å². The summed E-state index contributed by atoms with van der Waals surface area (Å²) < 4.78 is 21.5. The van der Waals surface area contributed by atoms with E-state index >= 15 is 0 Å². The maximum atomic E-state index is 13.0. The second-order valence-corrected chi connectivity index (χ2v) is 7.98. The number of rotatable bonds is 15. The molecule has 1 unspecified atom stereocenters. The molecule has 1 atom stereocenters. The number of imide groups is 2. The average Bonchev–Trinajstić information content (AvgIpc) is 3.09. The lowest BCUT2D eigenvalue weighted by Gasteiger charge is -2.27. The van der Waals surface area contributed by atoms with Crippen LogP contribution in [0.1, 0.15) is 53.3 Å². The minimum atomic E-state index is -1.07. The van der Waals surface area contributed by atoms with E-state index in [1.807, 2.05) is 6.92 Å². The van der Waals surface area contributed by atoms with Crippen molar-refractivity contribution in [3.63, 3.8) is 0 Å². The van der Waals surface area contributed by atoms with Gasteiger partial charge in [-0.2, -0.15) is 0 Å². The SMILES string of the molecule is CCOCCOCCOCCCC(=O)COc1cccc2c1C(=O)N(C1CCC(=O)NC1=O)C2=O. The first-order chi connectivity index (χ1) is 16.9. The van der Waals surface area contributed by atoms with E-state index in [2.05, 4.69) is 5.32 Å². The van der Waals surface area contributed by atoms with Crippen LogP contribution >= 0.6 is 0 Å². The maximum absolute atomic E-state index is 13.0. The fourth-order valence-corrected chi connectivity index (χ4v) is 3.79. The van der Waals surface area contributed by atoms with Gasteiger partial charge in [0.2, 0.25) is 11.8 Å². The van der Waals surface area contributed by atoms with E-state index in [4.69, 9.17) is 18.9 Å². The fourth-order valence-electron chi connectivity index (χ4n) is 3.79. The molecule has 3 rings (SSSR count). The van der Waals surface area contributed by atoms with Gasteiger partial charge in [-0.15, -0.1) is 0 Å². The monoisotopic (exact) mass is 490 g/mol. The van der Waals surface area contributed by atoms with Gasteiger partial charge in [0.15, 0.2) is 5.78 Å². The summed E-state index contributed by atoms with van der Waals surface area (Å²) in [6.45, 7) is 4.63. The molecule has 1 saturated heterocycles. The highest BCUT2D eigenvalue weighted by Gasteiger charge is 2.46. The molecule has 1 fully saturated rings. The van der Waals surface area contributed by atoms with Gasteiger partial charge in [0.05, 0.1) is 37.6 Å². The molecule has 1 aromatic carbocycles. The molecule has 2 aliphatic rings. The zero-order valence-corrected chi connectivity index (χ0v) is 19.7. The van der Waals surface area contributed by atoms with Crippen molar-refractivity contribution in [1.82, 2.24) is 10.2 Å². The number of benzene rings is 1. The molecule has 190 valence electrons. The van der Waals surface area contributed by atoms with Gasteiger partial charge in [-0.1, -0.05) is 6.07 Å². The number of hydrogen-bond donors (Lipinski definition) is 1. The van der Waals surface area contributed by atoms with E-state index in [-0.39, 0.29) is 48.5 Å². The van der Waals surface area contributed by atoms with Crippen LogP contribution in [0.3, 0.4) is 0 Å². The largest absolute Gasteiger partial charge is 0.485 e. The van der Waals surface area contributed by atoms with Crippen LogP contribution < -0.4 is 10.1 Å². The van der Waals surface area contributed by atoms with Gasteiger partial charge in [0.25, 0.3) is 11.8 Å². The second-order valence-electron chi connectivity index (χ2n) is 7.98. The van der Waals surface area contributed by atoms with Gasteiger partial charge < -0.3 is 18.9 Å². The van der Waals surface area contributed by atoms with Crippen LogP contribution in [0.5, 0.6) is 5.75 Å². The number of amides is 4. The molecule has 0 bridgehead atoms. The average molecular weight is 491 g/mol.